The lowest BCUT2D eigenvalue weighted by atomic mass is 9.98. The van der Waals surface area contributed by atoms with Crippen LogP contribution in [0.2, 0.25) is 0 Å². The van der Waals surface area contributed by atoms with Crippen LogP contribution in [0.1, 0.15) is 68.0 Å². The van der Waals surface area contributed by atoms with Gasteiger partial charge in [-0.05, 0) is 44.0 Å². The summed E-state index contributed by atoms with van der Waals surface area (Å²) in [6.07, 6.45) is 0.637. The number of methoxy groups -OCH3 is 1. The summed E-state index contributed by atoms with van der Waals surface area (Å²) < 4.78 is 18.0. The molecule has 9 nitrogen and oxygen atoms in total. The molecule has 0 radical (unpaired) electrons. The molecule has 0 unspecified atom stereocenters. The number of rotatable bonds is 10. The number of esters is 2. The second-order valence-electron chi connectivity index (χ2n) is 9.81. The van der Waals surface area contributed by atoms with Gasteiger partial charge in [-0.3, -0.25) is 14.4 Å². The van der Waals surface area contributed by atoms with Crippen LogP contribution in [-0.2, 0) is 25.6 Å². The van der Waals surface area contributed by atoms with E-state index in [2.05, 4.69) is 24.0 Å². The highest BCUT2D eigenvalue weighted by molar-refractivity contribution is 7.15. The minimum atomic E-state index is -0.601. The summed E-state index contributed by atoms with van der Waals surface area (Å²) in [4.78, 5) is 31.8. The number of fused-ring (bicyclic) bond motifs is 3. The summed E-state index contributed by atoms with van der Waals surface area (Å²) in [7, 11) is 1.61. The molecule has 0 saturated carbocycles. The van der Waals surface area contributed by atoms with Gasteiger partial charge in [-0.1, -0.05) is 42.5 Å². The zero-order valence-electron chi connectivity index (χ0n) is 23.5. The van der Waals surface area contributed by atoms with E-state index in [1.807, 2.05) is 54.0 Å². The van der Waals surface area contributed by atoms with Crippen molar-refractivity contribution in [3.05, 3.63) is 98.9 Å². The van der Waals surface area contributed by atoms with Crippen molar-refractivity contribution in [3.63, 3.8) is 0 Å². The van der Waals surface area contributed by atoms with Gasteiger partial charge in [0.25, 0.3) is 0 Å². The van der Waals surface area contributed by atoms with E-state index < -0.39 is 12.0 Å². The van der Waals surface area contributed by atoms with Crippen LogP contribution >= 0.6 is 11.3 Å². The first-order valence-corrected chi connectivity index (χ1v) is 14.3. The van der Waals surface area contributed by atoms with Crippen LogP contribution in [0.25, 0.3) is 5.00 Å². The van der Waals surface area contributed by atoms with Gasteiger partial charge in [0.2, 0.25) is 0 Å². The van der Waals surface area contributed by atoms with Crippen LogP contribution in [0, 0.1) is 20.8 Å². The molecular formula is C31H32N4O5S. The molecule has 41 heavy (non-hydrogen) atoms. The quantitative estimate of drug-likeness (QED) is 0.183. The third kappa shape index (κ3) is 6.13. The molecule has 4 aromatic rings. The average Bonchev–Trinajstić information content (AvgIpc) is 3.46. The number of carbonyl (C=O) groups excluding carboxylic acids is 2. The molecule has 2 aromatic heterocycles. The maximum atomic E-state index is 12.8. The molecule has 2 aromatic carbocycles. The van der Waals surface area contributed by atoms with Gasteiger partial charge in [0.15, 0.2) is 5.82 Å². The Morgan fingerprint density at radius 2 is 1.71 bits per heavy atom. The molecule has 0 bridgehead atoms. The summed E-state index contributed by atoms with van der Waals surface area (Å²) in [6, 6.07) is 16.2. The normalized spacial score (nSPS) is 14.0. The molecule has 1 aliphatic rings. The second kappa shape index (κ2) is 12.6. The molecule has 1 aliphatic heterocycles. The predicted molar refractivity (Wildman–Crippen MR) is 156 cm³/mol. The van der Waals surface area contributed by atoms with Crippen LogP contribution in [0.4, 0.5) is 0 Å². The number of thiophene rings is 1. The molecule has 0 fully saturated rings. The number of benzene rings is 2. The summed E-state index contributed by atoms with van der Waals surface area (Å²) in [5.74, 6) is 0.544. The van der Waals surface area contributed by atoms with E-state index >= 15 is 0 Å². The average molecular weight is 573 g/mol. The third-order valence-electron chi connectivity index (χ3n) is 6.96. The smallest absolute Gasteiger partial charge is 0.338 e. The van der Waals surface area contributed by atoms with E-state index in [9.17, 15) is 9.59 Å². The van der Waals surface area contributed by atoms with E-state index in [-0.39, 0.29) is 25.6 Å². The number of nitrogens with zero attached hydrogens (tertiary/aromatic N) is 4. The fraction of sp³-hybridized carbons (Fsp3) is 0.323. The Hall–Kier alpha value is -4.15. The summed E-state index contributed by atoms with van der Waals surface area (Å²) >= 11 is 1.64. The molecule has 0 aliphatic carbocycles. The molecule has 0 spiro atoms. The van der Waals surface area contributed by atoms with Crippen LogP contribution in [0.15, 0.2) is 59.6 Å². The van der Waals surface area contributed by atoms with Gasteiger partial charge in [-0.25, -0.2) is 4.79 Å². The van der Waals surface area contributed by atoms with Gasteiger partial charge in [-0.2, -0.15) is 0 Å². The largest absolute Gasteiger partial charge is 0.466 e. The van der Waals surface area contributed by atoms with E-state index in [0.29, 0.717) is 30.2 Å². The van der Waals surface area contributed by atoms with Crippen molar-refractivity contribution in [3.8, 4) is 5.00 Å². The Balaban J connectivity index is 1.46. The Morgan fingerprint density at radius 1 is 0.951 bits per heavy atom. The number of aryl methyl sites for hydroxylation is 2. The molecule has 0 amide bonds. The highest BCUT2D eigenvalue weighted by Crippen LogP contribution is 2.39. The fourth-order valence-electron chi connectivity index (χ4n) is 4.70. The molecule has 212 valence electrons. The van der Waals surface area contributed by atoms with Crippen molar-refractivity contribution in [2.45, 2.75) is 46.3 Å². The number of hydrogen-bond donors (Lipinski definition) is 0. The topological polar surface area (TPSA) is 105 Å². The van der Waals surface area contributed by atoms with E-state index in [1.165, 1.54) is 0 Å². The highest BCUT2D eigenvalue weighted by atomic mass is 32.1. The van der Waals surface area contributed by atoms with Crippen LogP contribution in [0.3, 0.4) is 0 Å². The maximum absolute atomic E-state index is 12.8. The highest BCUT2D eigenvalue weighted by Gasteiger charge is 2.32. The van der Waals surface area contributed by atoms with Gasteiger partial charge in [0.1, 0.15) is 23.5 Å². The fourth-order valence-corrected chi connectivity index (χ4v) is 5.92. The number of hydrogen-bond acceptors (Lipinski definition) is 9. The molecule has 10 heteroatoms. The van der Waals surface area contributed by atoms with Crippen LogP contribution in [0.5, 0.6) is 0 Å². The van der Waals surface area contributed by atoms with Gasteiger partial charge < -0.3 is 14.2 Å². The standard InChI is InChI=1S/C31H32N4O5S/c1-19-20(2)41-30-27(19)28(23-11-13-24(14-12-23)31(37)40-18-22-9-6-5-7-10-22)32-25(29-34-33-21(3)35(29)30)17-26(36)39-16-8-15-38-4/h5-7,9-14,25H,8,15-18H2,1-4H3/t25-/m0/s1. The second-order valence-corrected chi connectivity index (χ2v) is 11.0. The predicted octanol–water partition coefficient (Wildman–Crippen LogP) is 5.47. The number of aliphatic imine (C=N–C) groups is 1. The molecule has 5 rings (SSSR count). The Bertz CT molecular complexity index is 1570. The molecule has 0 N–H and O–H groups in total. The van der Waals surface area contributed by atoms with E-state index in [4.69, 9.17) is 19.2 Å². The van der Waals surface area contributed by atoms with Crippen molar-refractivity contribution in [2.75, 3.05) is 20.3 Å². The van der Waals surface area contributed by atoms with E-state index in [1.54, 1.807) is 30.6 Å². The van der Waals surface area contributed by atoms with Crippen molar-refractivity contribution in [2.24, 2.45) is 4.99 Å². The van der Waals surface area contributed by atoms with Crippen molar-refractivity contribution < 1.29 is 23.8 Å². The van der Waals surface area contributed by atoms with Crippen LogP contribution in [-0.4, -0.2) is 52.7 Å². The molecule has 3 heterocycles. The summed E-state index contributed by atoms with van der Waals surface area (Å²) in [6.45, 7) is 7.03. The summed E-state index contributed by atoms with van der Waals surface area (Å²) in [5.41, 5.74) is 4.98. The number of aromatic nitrogens is 3. The third-order valence-corrected chi connectivity index (χ3v) is 8.15. The number of ether oxygens (including phenoxy) is 3. The first-order chi connectivity index (χ1) is 19.9. The minimum Gasteiger partial charge on any atom is -0.466 e. The first kappa shape index (κ1) is 28.4. The Kier molecular flexibility index (Phi) is 8.70. The zero-order chi connectivity index (χ0) is 28.9. The molecule has 1 atom stereocenters. The van der Waals surface area contributed by atoms with Gasteiger partial charge in [-0.15, -0.1) is 21.5 Å². The van der Waals surface area contributed by atoms with Gasteiger partial charge >= 0.3 is 11.9 Å². The molecular weight excluding hydrogens is 540 g/mol. The Morgan fingerprint density at radius 3 is 2.44 bits per heavy atom. The summed E-state index contributed by atoms with van der Waals surface area (Å²) in [5, 5.41) is 9.71. The van der Waals surface area contributed by atoms with Gasteiger partial charge in [0, 0.05) is 36.1 Å². The lowest BCUT2D eigenvalue weighted by molar-refractivity contribution is -0.144. The molecule has 0 saturated heterocycles. The Labute approximate surface area is 242 Å². The SMILES string of the molecule is COCCCOC(=O)C[C@@H]1N=C(c2ccc(C(=O)OCc3ccccc3)cc2)c2c(sc(C)c2C)-n2c(C)nnc21. The van der Waals surface area contributed by atoms with Crippen LogP contribution < -0.4 is 0 Å². The van der Waals surface area contributed by atoms with E-state index in [0.717, 1.165) is 37.8 Å². The van der Waals surface area contributed by atoms with Crippen molar-refractivity contribution in [1.82, 2.24) is 14.8 Å². The zero-order valence-corrected chi connectivity index (χ0v) is 24.4. The lowest BCUT2D eigenvalue weighted by Crippen LogP contribution is -2.14. The van der Waals surface area contributed by atoms with Gasteiger partial charge in [0.05, 0.1) is 24.3 Å². The lowest BCUT2D eigenvalue weighted by Gasteiger charge is -2.13. The number of carbonyl (C=O) groups is 2. The monoisotopic (exact) mass is 572 g/mol. The maximum Gasteiger partial charge on any atom is 0.338 e. The van der Waals surface area contributed by atoms with Crippen molar-refractivity contribution in [1.29, 1.82) is 0 Å². The van der Waals surface area contributed by atoms with Crippen molar-refractivity contribution >= 4 is 29.0 Å². The first-order valence-electron chi connectivity index (χ1n) is 13.4. The minimum absolute atomic E-state index is 0.0193.